The van der Waals surface area contributed by atoms with Crippen LogP contribution in [0.5, 0.6) is 5.75 Å². The molecule has 0 fully saturated rings. The summed E-state index contributed by atoms with van der Waals surface area (Å²) in [6, 6.07) is 4.95. The summed E-state index contributed by atoms with van der Waals surface area (Å²) in [7, 11) is 3.11. The smallest absolute Gasteiger partial charge is 0.168 e. The van der Waals surface area contributed by atoms with Crippen molar-refractivity contribution in [2.45, 2.75) is 38.3 Å². The van der Waals surface area contributed by atoms with E-state index in [0.29, 0.717) is 18.4 Å². The molecule has 0 saturated heterocycles. The van der Waals surface area contributed by atoms with E-state index >= 15 is 0 Å². The Morgan fingerprint density at radius 2 is 2.00 bits per heavy atom. The fraction of sp³-hybridized carbons (Fsp3) is 0.571. The van der Waals surface area contributed by atoms with Crippen LogP contribution in [0.4, 0.5) is 4.39 Å². The highest BCUT2D eigenvalue weighted by Crippen LogP contribution is 2.23. The van der Waals surface area contributed by atoms with Gasteiger partial charge in [0, 0.05) is 13.2 Å². The van der Waals surface area contributed by atoms with Crippen molar-refractivity contribution in [3.63, 3.8) is 0 Å². The van der Waals surface area contributed by atoms with Crippen LogP contribution >= 0.6 is 0 Å². The van der Waals surface area contributed by atoms with Gasteiger partial charge in [-0.15, -0.1) is 0 Å². The molecule has 18 heavy (non-hydrogen) atoms. The zero-order valence-electron chi connectivity index (χ0n) is 11.5. The summed E-state index contributed by atoms with van der Waals surface area (Å²) in [6.45, 7) is 3.93. The average Bonchev–Trinajstić information content (AvgIpc) is 2.31. The minimum atomic E-state index is -0.328. The summed E-state index contributed by atoms with van der Waals surface area (Å²) < 4.78 is 24.2. The normalized spacial score (nSPS) is 13.4. The first-order chi connectivity index (χ1) is 8.39. The summed E-state index contributed by atoms with van der Waals surface area (Å²) in [5.74, 6) is -0.0728. The van der Waals surface area contributed by atoms with E-state index in [0.717, 1.165) is 0 Å². The van der Waals surface area contributed by atoms with Gasteiger partial charge in [-0.3, -0.25) is 0 Å². The fourth-order valence-corrected chi connectivity index (χ4v) is 1.94. The summed E-state index contributed by atoms with van der Waals surface area (Å²) in [6.07, 6.45) is 1.13. The van der Waals surface area contributed by atoms with Crippen LogP contribution in [0.1, 0.15) is 25.8 Å². The van der Waals surface area contributed by atoms with Crippen LogP contribution in [0.25, 0.3) is 0 Å². The van der Waals surface area contributed by atoms with Crippen molar-refractivity contribution in [3.8, 4) is 5.75 Å². The molecule has 0 saturated carbocycles. The predicted octanol–water partition coefficient (Wildman–Crippen LogP) is 2.52. The SMILES string of the molecule is COc1cccc(CC(N)CC(C)(C)OC)c1F. The lowest BCUT2D eigenvalue weighted by molar-refractivity contribution is 0.0101. The molecule has 1 atom stereocenters. The van der Waals surface area contributed by atoms with Crippen molar-refractivity contribution < 1.29 is 13.9 Å². The van der Waals surface area contributed by atoms with Gasteiger partial charge < -0.3 is 15.2 Å². The third-order valence-electron chi connectivity index (χ3n) is 3.05. The van der Waals surface area contributed by atoms with Crippen LogP contribution in [-0.4, -0.2) is 25.9 Å². The molecule has 1 unspecified atom stereocenters. The molecular formula is C14H22FNO2. The maximum Gasteiger partial charge on any atom is 0.168 e. The lowest BCUT2D eigenvalue weighted by Crippen LogP contribution is -2.35. The van der Waals surface area contributed by atoms with Gasteiger partial charge in [-0.2, -0.15) is 0 Å². The number of ether oxygens (including phenoxy) is 2. The van der Waals surface area contributed by atoms with E-state index in [9.17, 15) is 4.39 Å². The molecule has 0 radical (unpaired) electrons. The molecule has 4 heteroatoms. The molecule has 0 heterocycles. The van der Waals surface area contributed by atoms with Crippen molar-refractivity contribution in [1.29, 1.82) is 0 Å². The number of nitrogens with two attached hydrogens (primary N) is 1. The molecule has 0 aromatic heterocycles. The number of hydrogen-bond donors (Lipinski definition) is 1. The maximum absolute atomic E-state index is 13.9. The molecule has 1 aromatic rings. The van der Waals surface area contributed by atoms with Crippen molar-refractivity contribution >= 4 is 0 Å². The van der Waals surface area contributed by atoms with Crippen LogP contribution in [0.15, 0.2) is 18.2 Å². The number of rotatable bonds is 6. The van der Waals surface area contributed by atoms with Crippen molar-refractivity contribution in [1.82, 2.24) is 0 Å². The first-order valence-corrected chi connectivity index (χ1v) is 6.01. The monoisotopic (exact) mass is 255 g/mol. The molecule has 0 aliphatic heterocycles. The summed E-state index contributed by atoms with van der Waals surface area (Å²) >= 11 is 0. The van der Waals surface area contributed by atoms with Crippen LogP contribution in [0.3, 0.4) is 0 Å². The number of methoxy groups -OCH3 is 2. The van der Waals surface area contributed by atoms with Crippen molar-refractivity contribution in [2.75, 3.05) is 14.2 Å². The lowest BCUT2D eigenvalue weighted by atomic mass is 9.94. The summed E-state index contributed by atoms with van der Waals surface area (Å²) in [4.78, 5) is 0. The molecule has 0 aliphatic rings. The first kappa shape index (κ1) is 14.9. The van der Waals surface area contributed by atoms with Crippen LogP contribution in [-0.2, 0) is 11.2 Å². The quantitative estimate of drug-likeness (QED) is 0.849. The molecule has 2 N–H and O–H groups in total. The van der Waals surface area contributed by atoms with Gasteiger partial charge in [-0.05, 0) is 38.3 Å². The molecule has 0 amide bonds. The molecule has 0 bridgehead atoms. The number of halogens is 1. The first-order valence-electron chi connectivity index (χ1n) is 6.01. The summed E-state index contributed by atoms with van der Waals surface area (Å²) in [5, 5.41) is 0. The zero-order valence-corrected chi connectivity index (χ0v) is 11.5. The van der Waals surface area contributed by atoms with Crippen molar-refractivity contribution in [3.05, 3.63) is 29.6 Å². The van der Waals surface area contributed by atoms with E-state index in [4.69, 9.17) is 15.2 Å². The van der Waals surface area contributed by atoms with E-state index in [-0.39, 0.29) is 23.2 Å². The van der Waals surface area contributed by atoms with Gasteiger partial charge in [0.2, 0.25) is 0 Å². The van der Waals surface area contributed by atoms with E-state index < -0.39 is 0 Å². The minimum Gasteiger partial charge on any atom is -0.494 e. The summed E-state index contributed by atoms with van der Waals surface area (Å²) in [5.41, 5.74) is 6.32. The minimum absolute atomic E-state index is 0.151. The standard InChI is InChI=1S/C14H22FNO2/c1-14(2,18-4)9-11(16)8-10-6-5-7-12(17-3)13(10)15/h5-7,11H,8-9,16H2,1-4H3. The fourth-order valence-electron chi connectivity index (χ4n) is 1.94. The van der Waals surface area contributed by atoms with Gasteiger partial charge in [0.1, 0.15) is 0 Å². The maximum atomic E-state index is 13.9. The van der Waals surface area contributed by atoms with Crippen molar-refractivity contribution in [2.24, 2.45) is 5.73 Å². The topological polar surface area (TPSA) is 44.5 Å². The Labute approximate surface area is 108 Å². The second-order valence-corrected chi connectivity index (χ2v) is 5.07. The lowest BCUT2D eigenvalue weighted by Gasteiger charge is -2.26. The molecule has 0 spiro atoms. The Bertz CT molecular complexity index is 393. The van der Waals surface area contributed by atoms with Gasteiger partial charge in [-0.25, -0.2) is 4.39 Å². The predicted molar refractivity (Wildman–Crippen MR) is 70.3 cm³/mol. The second kappa shape index (κ2) is 6.16. The Morgan fingerprint density at radius 1 is 1.33 bits per heavy atom. The third kappa shape index (κ3) is 3.96. The van der Waals surface area contributed by atoms with Gasteiger partial charge in [0.25, 0.3) is 0 Å². The molecule has 3 nitrogen and oxygen atoms in total. The highest BCUT2D eigenvalue weighted by Gasteiger charge is 2.21. The molecule has 102 valence electrons. The Morgan fingerprint density at radius 3 is 2.56 bits per heavy atom. The Hall–Kier alpha value is -1.13. The zero-order chi connectivity index (χ0) is 13.8. The average molecular weight is 255 g/mol. The Balaban J connectivity index is 2.73. The molecule has 0 aliphatic carbocycles. The van der Waals surface area contributed by atoms with Crippen LogP contribution in [0, 0.1) is 5.82 Å². The number of benzene rings is 1. The number of hydrogen-bond acceptors (Lipinski definition) is 3. The van der Waals surface area contributed by atoms with Crippen LogP contribution in [0.2, 0.25) is 0 Å². The Kier molecular flexibility index (Phi) is 5.11. The van der Waals surface area contributed by atoms with Gasteiger partial charge in [0.05, 0.1) is 12.7 Å². The van der Waals surface area contributed by atoms with E-state index in [1.165, 1.54) is 7.11 Å². The van der Waals surface area contributed by atoms with E-state index in [1.807, 2.05) is 13.8 Å². The van der Waals surface area contributed by atoms with E-state index in [1.54, 1.807) is 25.3 Å². The third-order valence-corrected chi connectivity index (χ3v) is 3.05. The van der Waals surface area contributed by atoms with E-state index in [2.05, 4.69) is 0 Å². The molecule has 1 aromatic carbocycles. The second-order valence-electron chi connectivity index (χ2n) is 5.07. The van der Waals surface area contributed by atoms with Gasteiger partial charge in [-0.1, -0.05) is 12.1 Å². The molecular weight excluding hydrogens is 233 g/mol. The van der Waals surface area contributed by atoms with Gasteiger partial charge in [0.15, 0.2) is 11.6 Å². The van der Waals surface area contributed by atoms with Gasteiger partial charge >= 0.3 is 0 Å². The molecule has 1 rings (SSSR count). The van der Waals surface area contributed by atoms with Crippen LogP contribution < -0.4 is 10.5 Å². The highest BCUT2D eigenvalue weighted by molar-refractivity contribution is 5.31. The largest absolute Gasteiger partial charge is 0.494 e. The highest BCUT2D eigenvalue weighted by atomic mass is 19.1.